The molecule has 8 nitrogen and oxygen atoms in total. The van der Waals surface area contributed by atoms with Crippen LogP contribution in [0.4, 0.5) is 0 Å². The quantitative estimate of drug-likeness (QED) is 0.724. The summed E-state index contributed by atoms with van der Waals surface area (Å²) in [5, 5.41) is 0. The number of nitrogens with zero attached hydrogens (tertiary/aromatic N) is 5. The lowest BCUT2D eigenvalue weighted by atomic mass is 10.0. The lowest BCUT2D eigenvalue weighted by Gasteiger charge is -2.39. The van der Waals surface area contributed by atoms with Crippen LogP contribution in [-0.2, 0) is 21.1 Å². The third kappa shape index (κ3) is 4.16. The van der Waals surface area contributed by atoms with Gasteiger partial charge in [-0.2, -0.15) is 0 Å². The topological polar surface area (TPSA) is 82.2 Å². The van der Waals surface area contributed by atoms with E-state index in [9.17, 15) is 8.42 Å². The van der Waals surface area contributed by atoms with E-state index in [2.05, 4.69) is 30.2 Å². The van der Waals surface area contributed by atoms with E-state index in [4.69, 9.17) is 4.74 Å². The maximum atomic E-state index is 11.7. The molecule has 2 aromatic heterocycles. The second-order valence-electron chi connectivity index (χ2n) is 7.75. The molecule has 0 saturated carbocycles. The number of hydrogen-bond donors (Lipinski definition) is 0. The Bertz CT molecular complexity index is 869. The molecule has 0 spiro atoms. The van der Waals surface area contributed by atoms with Crippen molar-refractivity contribution in [1.29, 1.82) is 0 Å². The van der Waals surface area contributed by atoms with Crippen LogP contribution in [0, 0.1) is 0 Å². The van der Waals surface area contributed by atoms with Crippen molar-refractivity contribution in [1.82, 2.24) is 24.0 Å². The summed E-state index contributed by atoms with van der Waals surface area (Å²) in [6, 6.07) is 0.813. The molecule has 4 rings (SSSR count). The lowest BCUT2D eigenvalue weighted by Crippen LogP contribution is -2.45. The highest BCUT2D eigenvalue weighted by molar-refractivity contribution is 7.91. The Hall–Kier alpha value is -1.71. The molecule has 2 saturated heterocycles. The molecule has 154 valence electrons. The van der Waals surface area contributed by atoms with Gasteiger partial charge in [0.05, 0.1) is 18.1 Å². The van der Waals surface area contributed by atoms with Gasteiger partial charge in [-0.3, -0.25) is 0 Å². The number of imidazole rings is 2. The minimum absolute atomic E-state index is 0.341. The number of aromatic nitrogens is 4. The van der Waals surface area contributed by atoms with Crippen molar-refractivity contribution in [3.63, 3.8) is 0 Å². The third-order valence-corrected chi connectivity index (χ3v) is 7.77. The zero-order valence-electron chi connectivity index (χ0n) is 16.4. The fourth-order valence-corrected chi connectivity index (χ4v) is 5.90. The number of methoxy groups -OCH3 is 1. The second-order valence-corrected chi connectivity index (χ2v) is 10.0. The molecule has 0 bridgehead atoms. The first-order valence-electron chi connectivity index (χ1n) is 10.0. The minimum atomic E-state index is -2.80. The van der Waals surface area contributed by atoms with Crippen molar-refractivity contribution in [2.45, 2.75) is 44.3 Å². The van der Waals surface area contributed by atoms with E-state index in [1.165, 1.54) is 0 Å². The summed E-state index contributed by atoms with van der Waals surface area (Å²) in [4.78, 5) is 11.6. The van der Waals surface area contributed by atoms with Gasteiger partial charge in [0.2, 0.25) is 0 Å². The van der Waals surface area contributed by atoms with E-state index in [0.717, 1.165) is 57.0 Å². The van der Waals surface area contributed by atoms with Crippen molar-refractivity contribution >= 4 is 9.84 Å². The smallest absolute Gasteiger partial charge is 0.176 e. The van der Waals surface area contributed by atoms with Gasteiger partial charge in [-0.15, -0.1) is 0 Å². The van der Waals surface area contributed by atoms with Crippen molar-refractivity contribution in [3.8, 4) is 11.6 Å². The molecule has 0 amide bonds. The molecule has 0 aromatic carbocycles. The van der Waals surface area contributed by atoms with Crippen molar-refractivity contribution in [2.24, 2.45) is 0 Å². The third-order valence-electron chi connectivity index (χ3n) is 6.05. The van der Waals surface area contributed by atoms with Crippen molar-refractivity contribution in [2.75, 3.05) is 38.3 Å². The van der Waals surface area contributed by atoms with Crippen LogP contribution in [0.5, 0.6) is 0 Å². The molecule has 0 N–H and O–H groups in total. The first kappa shape index (κ1) is 19.6. The van der Waals surface area contributed by atoms with Crippen molar-refractivity contribution < 1.29 is 13.2 Å². The van der Waals surface area contributed by atoms with Gasteiger partial charge < -0.3 is 18.8 Å². The number of sulfone groups is 1. The van der Waals surface area contributed by atoms with Gasteiger partial charge >= 0.3 is 0 Å². The van der Waals surface area contributed by atoms with Gasteiger partial charge in [-0.25, -0.2) is 18.4 Å². The summed E-state index contributed by atoms with van der Waals surface area (Å²) in [5.41, 5.74) is 0. The standard InChI is InChI=1S/C19H29N5O3S/c1-27-13-12-23-10-6-20-18(23)19-21-7-11-24(19)17-2-8-22(9-3-17)16-4-14-28(25,26)15-5-16/h6-7,10-11,16-17H,2-5,8-9,12-15H2,1H3. The highest BCUT2D eigenvalue weighted by Crippen LogP contribution is 2.30. The normalized spacial score (nSPS) is 21.9. The Morgan fingerprint density at radius 2 is 1.68 bits per heavy atom. The summed E-state index contributed by atoms with van der Waals surface area (Å²) in [5.74, 6) is 2.46. The van der Waals surface area contributed by atoms with Gasteiger partial charge in [-0.1, -0.05) is 0 Å². The average molecular weight is 408 g/mol. The van der Waals surface area contributed by atoms with E-state index in [-0.39, 0.29) is 0 Å². The molecular weight excluding hydrogens is 378 g/mol. The summed E-state index contributed by atoms with van der Waals surface area (Å²) in [7, 11) is -1.10. The molecule has 0 unspecified atom stereocenters. The fraction of sp³-hybridized carbons (Fsp3) is 0.684. The molecule has 2 aliphatic rings. The number of rotatable bonds is 6. The Labute approximate surface area is 166 Å². The van der Waals surface area contributed by atoms with Crippen LogP contribution >= 0.6 is 0 Å². The molecule has 9 heteroatoms. The second kappa shape index (κ2) is 8.34. The predicted molar refractivity (Wildman–Crippen MR) is 107 cm³/mol. The largest absolute Gasteiger partial charge is 0.383 e. The molecule has 2 aliphatic heterocycles. The monoisotopic (exact) mass is 407 g/mol. The zero-order chi connectivity index (χ0) is 19.6. The van der Waals surface area contributed by atoms with Gasteiger partial charge in [0.15, 0.2) is 11.6 Å². The van der Waals surface area contributed by atoms with Gasteiger partial charge in [0, 0.05) is 63.6 Å². The number of likely N-dealkylation sites (tertiary alicyclic amines) is 1. The molecule has 2 fully saturated rings. The molecule has 4 heterocycles. The van der Waals surface area contributed by atoms with E-state index in [1.54, 1.807) is 7.11 Å². The maximum absolute atomic E-state index is 11.7. The SMILES string of the molecule is COCCn1ccnc1-c1nccn1C1CCN(C2CCS(=O)(=O)CC2)CC1. The summed E-state index contributed by atoms with van der Waals surface area (Å²) in [6.45, 7) is 3.40. The average Bonchev–Trinajstić information content (AvgIpc) is 3.35. The van der Waals surface area contributed by atoms with Crippen molar-refractivity contribution in [3.05, 3.63) is 24.8 Å². The summed E-state index contributed by atoms with van der Waals surface area (Å²) in [6.07, 6.45) is 11.3. The lowest BCUT2D eigenvalue weighted by molar-refractivity contribution is 0.127. The molecule has 0 aliphatic carbocycles. The Balaban J connectivity index is 1.41. The summed E-state index contributed by atoms with van der Waals surface area (Å²) >= 11 is 0. The highest BCUT2D eigenvalue weighted by Gasteiger charge is 2.31. The van der Waals surface area contributed by atoms with E-state index in [1.807, 2.05) is 18.6 Å². The highest BCUT2D eigenvalue weighted by atomic mass is 32.2. The van der Waals surface area contributed by atoms with Crippen LogP contribution in [0.1, 0.15) is 31.7 Å². The first-order chi connectivity index (χ1) is 13.6. The van der Waals surface area contributed by atoms with E-state index in [0.29, 0.717) is 30.2 Å². The van der Waals surface area contributed by atoms with Gasteiger partial charge in [0.1, 0.15) is 9.84 Å². The Morgan fingerprint density at radius 1 is 1.00 bits per heavy atom. The molecular formula is C19H29N5O3S. The predicted octanol–water partition coefficient (Wildman–Crippen LogP) is 1.61. The minimum Gasteiger partial charge on any atom is -0.383 e. The maximum Gasteiger partial charge on any atom is 0.176 e. The van der Waals surface area contributed by atoms with Crippen LogP contribution in [0.3, 0.4) is 0 Å². The van der Waals surface area contributed by atoms with Crippen LogP contribution in [0.15, 0.2) is 24.8 Å². The Kier molecular flexibility index (Phi) is 5.84. The molecule has 0 atom stereocenters. The van der Waals surface area contributed by atoms with Crippen LogP contribution in [0.25, 0.3) is 11.6 Å². The van der Waals surface area contributed by atoms with Crippen LogP contribution in [-0.4, -0.2) is 76.8 Å². The van der Waals surface area contributed by atoms with Gasteiger partial charge in [0.25, 0.3) is 0 Å². The molecule has 28 heavy (non-hydrogen) atoms. The number of hydrogen-bond acceptors (Lipinski definition) is 6. The first-order valence-corrected chi connectivity index (χ1v) is 11.9. The zero-order valence-corrected chi connectivity index (χ0v) is 17.2. The van der Waals surface area contributed by atoms with E-state index < -0.39 is 9.84 Å². The molecule has 2 aromatic rings. The number of piperidine rings is 1. The van der Waals surface area contributed by atoms with Gasteiger partial charge in [-0.05, 0) is 25.7 Å². The molecule has 0 radical (unpaired) electrons. The fourth-order valence-electron chi connectivity index (χ4n) is 4.44. The van der Waals surface area contributed by atoms with Crippen LogP contribution < -0.4 is 0 Å². The van der Waals surface area contributed by atoms with E-state index >= 15 is 0 Å². The van der Waals surface area contributed by atoms with Crippen LogP contribution in [0.2, 0.25) is 0 Å². The number of ether oxygens (including phenoxy) is 1. The summed E-state index contributed by atoms with van der Waals surface area (Å²) < 4.78 is 32.9. The Morgan fingerprint density at radius 3 is 2.39 bits per heavy atom.